The highest BCUT2D eigenvalue weighted by atomic mass is 32.2. The van der Waals surface area contributed by atoms with E-state index in [9.17, 15) is 0 Å². The van der Waals surface area contributed by atoms with Crippen molar-refractivity contribution in [2.45, 2.75) is 34.2 Å². The van der Waals surface area contributed by atoms with Crippen LogP contribution in [0.3, 0.4) is 0 Å². The second-order valence-electron chi connectivity index (χ2n) is 5.68. The van der Waals surface area contributed by atoms with Gasteiger partial charge in [-0.1, -0.05) is 31.7 Å². The summed E-state index contributed by atoms with van der Waals surface area (Å²) >= 11 is 1.72. The van der Waals surface area contributed by atoms with Crippen molar-refractivity contribution in [1.29, 1.82) is 0 Å². The minimum absolute atomic E-state index is 0.572. The minimum atomic E-state index is 0.572. The van der Waals surface area contributed by atoms with Gasteiger partial charge in [0.2, 0.25) is 0 Å². The second-order valence-corrected chi connectivity index (χ2v) is 6.65. The first kappa shape index (κ1) is 15.9. The van der Waals surface area contributed by atoms with Gasteiger partial charge < -0.3 is 4.57 Å². The van der Waals surface area contributed by atoms with Crippen LogP contribution in [-0.2, 0) is 6.54 Å². The maximum absolute atomic E-state index is 4.53. The van der Waals surface area contributed by atoms with Crippen molar-refractivity contribution in [3.8, 4) is 0 Å². The summed E-state index contributed by atoms with van der Waals surface area (Å²) in [6, 6.07) is 2.20. The van der Waals surface area contributed by atoms with E-state index in [2.05, 4.69) is 60.4 Å². The molecule has 0 aromatic carbocycles. The van der Waals surface area contributed by atoms with Gasteiger partial charge in [-0.2, -0.15) is 5.10 Å². The van der Waals surface area contributed by atoms with Crippen molar-refractivity contribution < 1.29 is 0 Å². The molecule has 114 valence electrons. The third-order valence-electron chi connectivity index (χ3n) is 3.43. The number of aromatic nitrogens is 1. The summed E-state index contributed by atoms with van der Waals surface area (Å²) in [6.45, 7) is 14.1. The summed E-state index contributed by atoms with van der Waals surface area (Å²) in [5.74, 6) is 1.44. The zero-order chi connectivity index (χ0) is 15.4. The van der Waals surface area contributed by atoms with Gasteiger partial charge in [0, 0.05) is 35.8 Å². The fourth-order valence-corrected chi connectivity index (χ4v) is 3.07. The van der Waals surface area contributed by atoms with Crippen molar-refractivity contribution in [3.63, 3.8) is 0 Å². The number of hydrogen-bond acceptors (Lipinski definition) is 3. The minimum Gasteiger partial charge on any atom is -0.345 e. The normalized spacial score (nSPS) is 17.0. The third kappa shape index (κ3) is 3.79. The van der Waals surface area contributed by atoms with Gasteiger partial charge in [0.05, 0.1) is 5.71 Å². The Morgan fingerprint density at radius 1 is 1.52 bits per heavy atom. The van der Waals surface area contributed by atoms with Crippen LogP contribution < -0.4 is 5.43 Å². The summed E-state index contributed by atoms with van der Waals surface area (Å²) in [7, 11) is 0. The number of hydrazone groups is 1. The largest absolute Gasteiger partial charge is 0.345 e. The predicted octanol–water partition coefficient (Wildman–Crippen LogP) is 3.34. The van der Waals surface area contributed by atoms with E-state index in [1.165, 1.54) is 17.0 Å². The van der Waals surface area contributed by atoms with Crippen molar-refractivity contribution in [3.05, 3.63) is 35.7 Å². The van der Waals surface area contributed by atoms with Crippen LogP contribution in [0.15, 0.2) is 28.8 Å². The Balaban J connectivity index is 2.16. The van der Waals surface area contributed by atoms with Crippen molar-refractivity contribution in [2.24, 2.45) is 16.0 Å². The molecule has 5 heteroatoms. The number of amidine groups is 1. The average Bonchev–Trinajstić information content (AvgIpc) is 2.74. The molecule has 0 atom stereocenters. The number of aliphatic imine (C=N–C) groups is 1. The van der Waals surface area contributed by atoms with Crippen LogP contribution in [0.1, 0.15) is 30.8 Å². The van der Waals surface area contributed by atoms with Gasteiger partial charge in [-0.3, -0.25) is 10.4 Å². The topological polar surface area (TPSA) is 41.7 Å². The molecule has 21 heavy (non-hydrogen) atoms. The predicted molar refractivity (Wildman–Crippen MR) is 93.4 cm³/mol. The second kappa shape index (κ2) is 6.98. The fraction of sp³-hybridized carbons (Fsp3) is 0.500. The van der Waals surface area contributed by atoms with E-state index in [4.69, 9.17) is 0 Å². The average molecular weight is 304 g/mol. The first-order valence-corrected chi connectivity index (χ1v) is 8.29. The van der Waals surface area contributed by atoms with E-state index in [-0.39, 0.29) is 0 Å². The van der Waals surface area contributed by atoms with Gasteiger partial charge in [0.15, 0.2) is 5.17 Å². The maximum Gasteiger partial charge on any atom is 0.177 e. The lowest BCUT2D eigenvalue weighted by Crippen LogP contribution is -2.26. The molecule has 2 rings (SSSR count). The highest BCUT2D eigenvalue weighted by molar-refractivity contribution is 8.14. The summed E-state index contributed by atoms with van der Waals surface area (Å²) in [5.41, 5.74) is 7.88. The van der Waals surface area contributed by atoms with Gasteiger partial charge in [-0.25, -0.2) is 0 Å². The van der Waals surface area contributed by atoms with Gasteiger partial charge >= 0.3 is 0 Å². The highest BCUT2D eigenvalue weighted by Gasteiger charge is 2.18. The Hall–Kier alpha value is -1.49. The molecule has 1 aromatic heterocycles. The first-order chi connectivity index (χ1) is 10.0. The molecule has 0 bridgehead atoms. The molecule has 2 heterocycles. The monoisotopic (exact) mass is 304 g/mol. The van der Waals surface area contributed by atoms with Crippen LogP contribution >= 0.6 is 11.8 Å². The summed E-state index contributed by atoms with van der Waals surface area (Å²) in [6.07, 6.45) is 1.93. The molecular formula is C16H24N4S. The molecule has 0 saturated heterocycles. The molecule has 0 amide bonds. The van der Waals surface area contributed by atoms with Gasteiger partial charge in [0.1, 0.15) is 0 Å². The van der Waals surface area contributed by atoms with Crippen molar-refractivity contribution in [1.82, 2.24) is 9.99 Å². The smallest absolute Gasteiger partial charge is 0.177 e. The van der Waals surface area contributed by atoms with Crippen LogP contribution in [0.4, 0.5) is 0 Å². The molecule has 1 aliphatic heterocycles. The Morgan fingerprint density at radius 2 is 2.29 bits per heavy atom. The summed E-state index contributed by atoms with van der Waals surface area (Å²) in [4.78, 5) is 4.53. The first-order valence-electron chi connectivity index (χ1n) is 7.30. The molecule has 0 saturated carbocycles. The maximum atomic E-state index is 4.53. The van der Waals surface area contributed by atoms with Crippen LogP contribution in [0.25, 0.3) is 0 Å². The standard InChI is InChI=1S/C16H24N4S/c1-6-7-20-12(4)8-14(13(20)5)15-10-21-16(19-18-15)17-9-11(2)3/h6,8,11H,1,7,9-10H2,2-5H3,(H,17,19). The summed E-state index contributed by atoms with van der Waals surface area (Å²) in [5, 5.41) is 5.43. The van der Waals surface area contributed by atoms with Gasteiger partial charge in [0.25, 0.3) is 0 Å². The van der Waals surface area contributed by atoms with Crippen molar-refractivity contribution in [2.75, 3.05) is 12.3 Å². The van der Waals surface area contributed by atoms with Crippen LogP contribution in [0.2, 0.25) is 0 Å². The van der Waals surface area contributed by atoms with Gasteiger partial charge in [-0.05, 0) is 25.8 Å². The quantitative estimate of drug-likeness (QED) is 0.848. The number of aryl methyl sites for hydroxylation is 1. The lowest BCUT2D eigenvalue weighted by atomic mass is 10.1. The van der Waals surface area contributed by atoms with Crippen LogP contribution in [0.5, 0.6) is 0 Å². The molecule has 0 aliphatic carbocycles. The Labute approximate surface area is 131 Å². The third-order valence-corrected chi connectivity index (χ3v) is 4.34. The fourth-order valence-electron chi connectivity index (χ4n) is 2.30. The summed E-state index contributed by atoms with van der Waals surface area (Å²) < 4.78 is 2.26. The Bertz CT molecular complexity index is 581. The molecule has 0 unspecified atom stereocenters. The zero-order valence-electron chi connectivity index (χ0n) is 13.3. The number of nitrogens with one attached hydrogen (secondary N) is 1. The number of nitrogens with zero attached hydrogens (tertiary/aromatic N) is 3. The number of hydrogen-bond donors (Lipinski definition) is 1. The molecular weight excluding hydrogens is 280 g/mol. The molecule has 1 aromatic rings. The van der Waals surface area contributed by atoms with Crippen LogP contribution in [0, 0.1) is 19.8 Å². The van der Waals surface area contributed by atoms with E-state index in [0.29, 0.717) is 5.92 Å². The number of thioether (sulfide) groups is 1. The van der Waals surface area contributed by atoms with E-state index in [0.717, 1.165) is 29.7 Å². The Morgan fingerprint density at radius 3 is 2.86 bits per heavy atom. The number of allylic oxidation sites excluding steroid dienone is 1. The number of rotatable bonds is 5. The SMILES string of the molecule is C=CCn1c(C)cc(C2=NNC(=NCC(C)C)SC2)c1C. The lowest BCUT2D eigenvalue weighted by molar-refractivity contribution is 0.664. The van der Waals surface area contributed by atoms with Crippen molar-refractivity contribution >= 4 is 22.6 Å². The van der Waals surface area contributed by atoms with E-state index < -0.39 is 0 Å². The molecule has 1 N–H and O–H groups in total. The molecule has 4 nitrogen and oxygen atoms in total. The van der Waals surface area contributed by atoms with E-state index >= 15 is 0 Å². The molecule has 1 aliphatic rings. The lowest BCUT2D eigenvalue weighted by Gasteiger charge is -2.15. The van der Waals surface area contributed by atoms with Crippen LogP contribution in [-0.4, -0.2) is 27.7 Å². The van der Waals surface area contributed by atoms with E-state index in [1.54, 1.807) is 11.8 Å². The Kier molecular flexibility index (Phi) is 5.28. The van der Waals surface area contributed by atoms with E-state index in [1.807, 2.05) is 6.08 Å². The molecule has 0 spiro atoms. The zero-order valence-corrected chi connectivity index (χ0v) is 14.1. The van der Waals surface area contributed by atoms with Gasteiger partial charge in [-0.15, -0.1) is 6.58 Å². The molecule has 0 radical (unpaired) electrons. The molecule has 0 fully saturated rings. The highest BCUT2D eigenvalue weighted by Crippen LogP contribution is 2.20.